The standard InChI is InChI=1S/C31H35NO3P2/c1-8-29(28(34-7)21-22(2)3)36(31-20-14-12-18-27(31)33-6)32(23(4)5)37-30-19-13-10-16-25(30)24-15-9-11-17-26(24)35-37/h8-21,23H,2H2,1,3-7H3. The summed E-state index contributed by atoms with van der Waals surface area (Å²) >= 11 is 0. The minimum atomic E-state index is -1.19. The molecule has 1 aliphatic rings. The van der Waals surface area contributed by atoms with Gasteiger partial charge in [-0.1, -0.05) is 66.8 Å². The van der Waals surface area contributed by atoms with Crippen molar-refractivity contribution in [3.8, 4) is 22.6 Å². The van der Waals surface area contributed by atoms with Crippen LogP contribution in [0, 0.1) is 0 Å². The zero-order chi connectivity index (χ0) is 26.5. The van der Waals surface area contributed by atoms with Crippen LogP contribution in [-0.2, 0) is 4.74 Å². The van der Waals surface area contributed by atoms with Crippen LogP contribution in [0.15, 0.2) is 108 Å². The van der Waals surface area contributed by atoms with Gasteiger partial charge in [-0.25, -0.2) is 4.44 Å². The number of methoxy groups -OCH3 is 2. The molecule has 1 heterocycles. The summed E-state index contributed by atoms with van der Waals surface area (Å²) in [5, 5.41) is 3.43. The molecule has 2 atom stereocenters. The molecule has 6 heteroatoms. The van der Waals surface area contributed by atoms with Crippen molar-refractivity contribution >= 4 is 27.0 Å². The first kappa shape index (κ1) is 27.1. The highest BCUT2D eigenvalue weighted by Gasteiger charge is 2.41. The van der Waals surface area contributed by atoms with E-state index in [-0.39, 0.29) is 6.04 Å². The molecule has 0 N–H and O–H groups in total. The molecule has 4 nitrogen and oxygen atoms in total. The molecular formula is C31H35NO3P2. The molecule has 3 aromatic carbocycles. The topological polar surface area (TPSA) is 30.9 Å². The van der Waals surface area contributed by atoms with Crippen molar-refractivity contribution in [2.45, 2.75) is 33.7 Å². The number of benzene rings is 3. The van der Waals surface area contributed by atoms with Gasteiger partial charge in [-0.05, 0) is 63.6 Å². The highest BCUT2D eigenvalue weighted by Crippen LogP contribution is 2.65. The number of nitrogens with zero attached hydrogens (tertiary/aromatic N) is 1. The van der Waals surface area contributed by atoms with E-state index in [1.165, 1.54) is 10.9 Å². The first-order chi connectivity index (χ1) is 17.9. The van der Waals surface area contributed by atoms with Crippen molar-refractivity contribution in [2.24, 2.45) is 0 Å². The molecule has 37 heavy (non-hydrogen) atoms. The van der Waals surface area contributed by atoms with Gasteiger partial charge in [-0.15, -0.1) is 0 Å². The SMILES string of the molecule is C=C(C)C=C(OC)C(=CC)P(c1ccccc1OC)N(C(C)C)P1Oc2ccccc2-c2ccccc21. The van der Waals surface area contributed by atoms with E-state index in [0.29, 0.717) is 0 Å². The Morgan fingerprint density at radius 1 is 0.973 bits per heavy atom. The molecule has 3 aromatic rings. The molecule has 4 rings (SSSR count). The lowest BCUT2D eigenvalue weighted by Crippen LogP contribution is -2.33. The molecule has 0 aromatic heterocycles. The van der Waals surface area contributed by atoms with Gasteiger partial charge in [0.1, 0.15) is 17.3 Å². The van der Waals surface area contributed by atoms with Gasteiger partial charge in [0.2, 0.25) is 8.30 Å². The van der Waals surface area contributed by atoms with Crippen molar-refractivity contribution in [2.75, 3.05) is 14.2 Å². The Morgan fingerprint density at radius 2 is 1.62 bits per heavy atom. The van der Waals surface area contributed by atoms with Gasteiger partial charge in [0.25, 0.3) is 0 Å². The van der Waals surface area contributed by atoms with Crippen molar-refractivity contribution in [1.82, 2.24) is 4.44 Å². The first-order valence-corrected chi connectivity index (χ1v) is 14.9. The van der Waals surface area contributed by atoms with E-state index in [2.05, 4.69) is 92.5 Å². The van der Waals surface area contributed by atoms with Gasteiger partial charge in [-0.2, -0.15) is 0 Å². The van der Waals surface area contributed by atoms with E-state index in [1.54, 1.807) is 14.2 Å². The second kappa shape index (κ2) is 12.1. The van der Waals surface area contributed by atoms with Crippen molar-refractivity contribution in [3.05, 3.63) is 108 Å². The molecular weight excluding hydrogens is 496 g/mol. The minimum Gasteiger partial charge on any atom is -0.496 e. The van der Waals surface area contributed by atoms with E-state index in [0.717, 1.165) is 39.0 Å². The summed E-state index contributed by atoms with van der Waals surface area (Å²) in [6, 6.07) is 25.4. The fourth-order valence-corrected chi connectivity index (χ4v) is 10.2. The lowest BCUT2D eigenvalue weighted by atomic mass is 10.0. The quantitative estimate of drug-likeness (QED) is 0.158. The van der Waals surface area contributed by atoms with Crippen molar-refractivity contribution in [3.63, 3.8) is 0 Å². The molecule has 0 saturated heterocycles. The van der Waals surface area contributed by atoms with Crippen LogP contribution in [0.2, 0.25) is 0 Å². The molecule has 2 unspecified atom stereocenters. The van der Waals surface area contributed by atoms with Crippen LogP contribution in [0.4, 0.5) is 0 Å². The Labute approximate surface area is 224 Å². The van der Waals surface area contributed by atoms with E-state index in [1.807, 2.05) is 31.2 Å². The van der Waals surface area contributed by atoms with Gasteiger partial charge in [-0.3, -0.25) is 0 Å². The number of rotatable bonds is 9. The highest BCUT2D eigenvalue weighted by atomic mass is 31.2. The maximum absolute atomic E-state index is 6.91. The van der Waals surface area contributed by atoms with E-state index in [9.17, 15) is 0 Å². The Morgan fingerprint density at radius 3 is 2.27 bits per heavy atom. The summed E-state index contributed by atoms with van der Waals surface area (Å²) in [6.07, 6.45) is 4.17. The summed E-state index contributed by atoms with van der Waals surface area (Å²) in [5.74, 6) is 2.57. The first-order valence-electron chi connectivity index (χ1n) is 12.4. The molecule has 0 amide bonds. The Hall–Kier alpha value is -2.90. The van der Waals surface area contributed by atoms with E-state index < -0.39 is 16.4 Å². The fraction of sp³-hybridized carbons (Fsp3) is 0.226. The average Bonchev–Trinajstić information content (AvgIpc) is 2.91. The number of para-hydroxylation sites is 2. The Balaban J connectivity index is 1.98. The second-order valence-corrected chi connectivity index (χ2v) is 13.0. The number of hydrogen-bond acceptors (Lipinski definition) is 4. The summed E-state index contributed by atoms with van der Waals surface area (Å²) in [5.41, 5.74) is 3.29. The second-order valence-electron chi connectivity index (χ2n) is 9.01. The molecule has 0 saturated carbocycles. The highest BCUT2D eigenvalue weighted by molar-refractivity contribution is 7.78. The van der Waals surface area contributed by atoms with Crippen LogP contribution < -0.4 is 19.9 Å². The third kappa shape index (κ3) is 5.53. The summed E-state index contributed by atoms with van der Waals surface area (Å²) < 4.78 is 21.3. The predicted molar refractivity (Wildman–Crippen MR) is 159 cm³/mol. The van der Waals surface area contributed by atoms with Crippen LogP contribution in [-0.4, -0.2) is 24.7 Å². The van der Waals surface area contributed by atoms with Crippen LogP contribution in [0.3, 0.4) is 0 Å². The molecule has 0 radical (unpaired) electrons. The van der Waals surface area contributed by atoms with Crippen LogP contribution in [0.5, 0.6) is 11.5 Å². The van der Waals surface area contributed by atoms with Gasteiger partial charge >= 0.3 is 0 Å². The number of ether oxygens (including phenoxy) is 2. The lowest BCUT2D eigenvalue weighted by Gasteiger charge is -2.43. The third-order valence-electron chi connectivity index (χ3n) is 5.99. The summed E-state index contributed by atoms with van der Waals surface area (Å²) in [6.45, 7) is 12.6. The van der Waals surface area contributed by atoms with Gasteiger partial charge in [0.05, 0.1) is 14.2 Å². The van der Waals surface area contributed by atoms with Crippen LogP contribution >= 0.6 is 16.4 Å². The average molecular weight is 532 g/mol. The van der Waals surface area contributed by atoms with Crippen LogP contribution in [0.25, 0.3) is 11.1 Å². The Kier molecular flexibility index (Phi) is 8.87. The summed E-state index contributed by atoms with van der Waals surface area (Å²) in [4.78, 5) is 0. The molecule has 0 spiro atoms. The third-order valence-corrected chi connectivity index (χ3v) is 11.7. The molecule has 0 bridgehead atoms. The zero-order valence-corrected chi connectivity index (χ0v) is 24.2. The maximum Gasteiger partial charge on any atom is 0.202 e. The smallest absolute Gasteiger partial charge is 0.202 e. The van der Waals surface area contributed by atoms with Crippen molar-refractivity contribution in [1.29, 1.82) is 0 Å². The van der Waals surface area contributed by atoms with E-state index >= 15 is 0 Å². The lowest BCUT2D eigenvalue weighted by molar-refractivity contribution is 0.304. The number of allylic oxidation sites excluding steroid dienone is 4. The van der Waals surface area contributed by atoms with Crippen LogP contribution in [0.1, 0.15) is 27.7 Å². The monoisotopic (exact) mass is 531 g/mol. The number of fused-ring (bicyclic) bond motifs is 3. The zero-order valence-electron chi connectivity index (χ0n) is 22.4. The molecule has 0 fully saturated rings. The molecule has 1 aliphatic heterocycles. The van der Waals surface area contributed by atoms with Gasteiger partial charge in [0.15, 0.2) is 0 Å². The maximum atomic E-state index is 6.91. The number of hydrogen-bond donors (Lipinski definition) is 0. The van der Waals surface area contributed by atoms with Gasteiger partial charge < -0.3 is 14.0 Å². The largest absolute Gasteiger partial charge is 0.496 e. The summed E-state index contributed by atoms with van der Waals surface area (Å²) in [7, 11) is 1.15. The predicted octanol–water partition coefficient (Wildman–Crippen LogP) is 8.13. The van der Waals surface area contributed by atoms with Crippen molar-refractivity contribution < 1.29 is 14.0 Å². The normalized spacial score (nSPS) is 16.1. The van der Waals surface area contributed by atoms with E-state index in [4.69, 9.17) is 14.0 Å². The fourth-order valence-electron chi connectivity index (χ4n) is 4.44. The van der Waals surface area contributed by atoms with Gasteiger partial charge in [0, 0.05) is 35.6 Å². The minimum absolute atomic E-state index is 0.165. The molecule has 192 valence electrons. The molecule has 0 aliphatic carbocycles. The Bertz CT molecular complexity index is 1330.